The Bertz CT molecular complexity index is 1280. The number of hydrogen-bond donors (Lipinski definition) is 1. The number of anilines is 1. The van der Waals surface area contributed by atoms with Crippen LogP contribution in [0.1, 0.15) is 33.3 Å². The van der Waals surface area contributed by atoms with E-state index in [1.807, 2.05) is 0 Å². The largest absolute Gasteiger partial charge is 0.284 e. The van der Waals surface area contributed by atoms with Gasteiger partial charge in [-0.1, -0.05) is 41.9 Å². The fourth-order valence-electron chi connectivity index (χ4n) is 3.41. The second-order valence-corrected chi connectivity index (χ2v) is 10.1. The summed E-state index contributed by atoms with van der Waals surface area (Å²) in [6.07, 6.45) is 1.35. The van der Waals surface area contributed by atoms with Gasteiger partial charge in [0.05, 0.1) is 28.6 Å². The molecule has 1 aliphatic rings. The van der Waals surface area contributed by atoms with Gasteiger partial charge in [-0.3, -0.25) is 9.52 Å². The van der Waals surface area contributed by atoms with Crippen LogP contribution in [0.25, 0.3) is 0 Å². The molecule has 2 heterocycles. The van der Waals surface area contributed by atoms with Crippen molar-refractivity contribution in [3.63, 3.8) is 0 Å². The molecule has 31 heavy (non-hydrogen) atoms. The summed E-state index contributed by atoms with van der Waals surface area (Å²) < 4.78 is 39.7. The number of halogens is 2. The first-order chi connectivity index (χ1) is 14.7. The van der Waals surface area contributed by atoms with E-state index in [0.29, 0.717) is 27.4 Å². The number of nitrogens with zero attached hydrogens (tertiary/aromatic N) is 2. The smallest absolute Gasteiger partial charge is 0.283 e. The molecule has 0 fully saturated rings. The fourth-order valence-corrected chi connectivity index (χ4v) is 4.94. The molecule has 0 spiro atoms. The summed E-state index contributed by atoms with van der Waals surface area (Å²) in [4.78, 5) is 13.7. The fraction of sp³-hybridized carbons (Fsp3) is 0.143. The predicted octanol–water partition coefficient (Wildman–Crippen LogP) is 4.90. The van der Waals surface area contributed by atoms with Crippen molar-refractivity contribution in [2.24, 2.45) is 5.10 Å². The summed E-state index contributed by atoms with van der Waals surface area (Å²) >= 11 is 7.58. The zero-order valence-corrected chi connectivity index (χ0v) is 18.6. The number of hydrazone groups is 1. The molecule has 0 saturated carbocycles. The molecule has 1 amide bonds. The highest BCUT2D eigenvalue weighted by Gasteiger charge is 2.36. The van der Waals surface area contributed by atoms with Gasteiger partial charge in [0.2, 0.25) is 10.0 Å². The second kappa shape index (κ2) is 8.41. The van der Waals surface area contributed by atoms with E-state index in [0.717, 1.165) is 6.26 Å². The molecule has 3 aromatic rings. The SMILES string of the molecule is CS(=O)(=O)Nc1ccccc1C1=NN(C(=O)c2cccs2)[C@H](c2ccc(F)cc2Cl)C1. The summed E-state index contributed by atoms with van der Waals surface area (Å²) in [5.74, 6) is -0.796. The van der Waals surface area contributed by atoms with Gasteiger partial charge < -0.3 is 0 Å². The molecule has 1 atom stereocenters. The quantitative estimate of drug-likeness (QED) is 0.567. The number of carbonyl (C=O) groups excluding carboxylic acids is 1. The van der Waals surface area contributed by atoms with Crippen molar-refractivity contribution in [1.82, 2.24) is 5.01 Å². The van der Waals surface area contributed by atoms with E-state index < -0.39 is 21.9 Å². The number of hydrogen-bond acceptors (Lipinski definition) is 5. The van der Waals surface area contributed by atoms with E-state index in [9.17, 15) is 17.6 Å². The Kier molecular flexibility index (Phi) is 5.83. The number of rotatable bonds is 5. The highest BCUT2D eigenvalue weighted by atomic mass is 35.5. The monoisotopic (exact) mass is 477 g/mol. The molecule has 1 N–H and O–H groups in total. The summed E-state index contributed by atoms with van der Waals surface area (Å²) in [7, 11) is -3.52. The molecular weight excluding hydrogens is 461 g/mol. The first kappa shape index (κ1) is 21.5. The number of amides is 1. The first-order valence-electron chi connectivity index (χ1n) is 9.19. The molecule has 0 radical (unpaired) electrons. The number of benzene rings is 2. The first-order valence-corrected chi connectivity index (χ1v) is 12.3. The van der Waals surface area contributed by atoms with Crippen molar-refractivity contribution >= 4 is 50.3 Å². The summed E-state index contributed by atoms with van der Waals surface area (Å²) in [6.45, 7) is 0. The number of carbonyl (C=O) groups is 1. The van der Waals surface area contributed by atoms with Crippen LogP contribution in [-0.4, -0.2) is 31.3 Å². The van der Waals surface area contributed by atoms with Crippen LogP contribution < -0.4 is 4.72 Å². The van der Waals surface area contributed by atoms with Crippen molar-refractivity contribution < 1.29 is 17.6 Å². The Balaban J connectivity index is 1.79. The lowest BCUT2D eigenvalue weighted by atomic mass is 9.97. The van der Waals surface area contributed by atoms with Gasteiger partial charge in [-0.2, -0.15) is 5.10 Å². The van der Waals surface area contributed by atoms with Crippen LogP contribution in [0.15, 0.2) is 65.1 Å². The van der Waals surface area contributed by atoms with Crippen LogP contribution in [-0.2, 0) is 10.0 Å². The van der Waals surface area contributed by atoms with Gasteiger partial charge in [-0.05, 0) is 35.2 Å². The van der Waals surface area contributed by atoms with E-state index in [1.165, 1.54) is 34.5 Å². The third-order valence-electron chi connectivity index (χ3n) is 4.71. The normalized spacial score (nSPS) is 16.3. The van der Waals surface area contributed by atoms with Crippen LogP contribution in [0.5, 0.6) is 0 Å². The highest BCUT2D eigenvalue weighted by molar-refractivity contribution is 7.92. The zero-order chi connectivity index (χ0) is 22.2. The standard InChI is InChI=1S/C21H17ClFN3O3S2/c1-31(28,29)25-17-6-3-2-5-15(17)18-12-19(14-9-8-13(23)11-16(14)22)26(24-18)21(27)20-7-4-10-30-20/h2-11,19,25H,12H2,1H3/t19-/m0/s1. The molecule has 1 aliphatic heterocycles. The van der Waals surface area contributed by atoms with Gasteiger partial charge >= 0.3 is 0 Å². The number of para-hydroxylation sites is 1. The van der Waals surface area contributed by atoms with Crippen molar-refractivity contribution in [1.29, 1.82) is 0 Å². The summed E-state index contributed by atoms with van der Waals surface area (Å²) in [5, 5.41) is 7.86. The van der Waals surface area contributed by atoms with Crippen LogP contribution in [0.3, 0.4) is 0 Å². The van der Waals surface area contributed by atoms with Gasteiger partial charge in [0.1, 0.15) is 5.82 Å². The Morgan fingerprint density at radius 3 is 2.68 bits per heavy atom. The molecule has 4 rings (SSSR count). The Morgan fingerprint density at radius 1 is 1.23 bits per heavy atom. The van der Waals surface area contributed by atoms with Crippen molar-refractivity contribution in [3.8, 4) is 0 Å². The van der Waals surface area contributed by atoms with Crippen molar-refractivity contribution in [2.45, 2.75) is 12.5 Å². The molecule has 0 aliphatic carbocycles. The minimum absolute atomic E-state index is 0.188. The molecule has 160 valence electrons. The van der Waals surface area contributed by atoms with Crippen LogP contribution in [0.4, 0.5) is 10.1 Å². The zero-order valence-electron chi connectivity index (χ0n) is 16.2. The highest BCUT2D eigenvalue weighted by Crippen LogP contribution is 2.39. The lowest BCUT2D eigenvalue weighted by Gasteiger charge is -2.22. The number of thiophene rings is 1. The second-order valence-electron chi connectivity index (χ2n) is 6.98. The third-order valence-corrected chi connectivity index (χ3v) is 6.48. The van der Waals surface area contributed by atoms with Gasteiger partial charge in [-0.25, -0.2) is 17.8 Å². The van der Waals surface area contributed by atoms with E-state index in [1.54, 1.807) is 41.8 Å². The van der Waals surface area contributed by atoms with Gasteiger partial charge in [0.25, 0.3) is 5.91 Å². The molecule has 6 nitrogen and oxygen atoms in total. The van der Waals surface area contributed by atoms with Gasteiger partial charge in [-0.15, -0.1) is 11.3 Å². The average molecular weight is 478 g/mol. The molecule has 0 saturated heterocycles. The van der Waals surface area contributed by atoms with Crippen molar-refractivity contribution in [3.05, 3.63) is 86.8 Å². The summed E-state index contributed by atoms with van der Waals surface area (Å²) in [5.41, 5.74) is 1.98. The average Bonchev–Trinajstić information content (AvgIpc) is 3.37. The van der Waals surface area contributed by atoms with Gasteiger partial charge in [0.15, 0.2) is 0 Å². The lowest BCUT2D eigenvalue weighted by molar-refractivity contribution is 0.0716. The summed E-state index contributed by atoms with van der Waals surface area (Å²) in [6, 6.07) is 13.7. The Labute approximate surface area is 188 Å². The maximum absolute atomic E-state index is 13.6. The lowest BCUT2D eigenvalue weighted by Crippen LogP contribution is -2.26. The van der Waals surface area contributed by atoms with E-state index >= 15 is 0 Å². The van der Waals surface area contributed by atoms with E-state index in [2.05, 4.69) is 9.82 Å². The van der Waals surface area contributed by atoms with Gasteiger partial charge in [0, 0.05) is 17.0 Å². The molecule has 2 aromatic carbocycles. The third kappa shape index (κ3) is 4.63. The Morgan fingerprint density at radius 2 is 2.00 bits per heavy atom. The van der Waals surface area contributed by atoms with Crippen LogP contribution >= 0.6 is 22.9 Å². The molecule has 1 aromatic heterocycles. The Hall–Kier alpha value is -2.75. The molecule has 10 heteroatoms. The van der Waals surface area contributed by atoms with Crippen molar-refractivity contribution in [2.75, 3.05) is 11.0 Å². The molecular formula is C21H17ClFN3O3S2. The minimum atomic E-state index is -3.52. The van der Waals surface area contributed by atoms with Crippen LogP contribution in [0.2, 0.25) is 5.02 Å². The van der Waals surface area contributed by atoms with Crippen LogP contribution in [0, 0.1) is 5.82 Å². The topological polar surface area (TPSA) is 78.8 Å². The molecule has 0 bridgehead atoms. The maximum Gasteiger partial charge on any atom is 0.284 e. The molecule has 0 unspecified atom stereocenters. The predicted molar refractivity (Wildman–Crippen MR) is 121 cm³/mol. The van der Waals surface area contributed by atoms with E-state index in [-0.39, 0.29) is 17.4 Å². The minimum Gasteiger partial charge on any atom is -0.283 e. The number of sulfonamides is 1. The number of nitrogens with one attached hydrogen (secondary N) is 1. The maximum atomic E-state index is 13.6. The van der Waals surface area contributed by atoms with E-state index in [4.69, 9.17) is 11.6 Å².